The average molecular weight is 974 g/mol. The number of carbonyl (C=O) groups is 2. The fraction of sp³-hybridized carbons (Fsp3) is 0.444. The first kappa shape index (κ1) is 56.4. The van der Waals surface area contributed by atoms with Crippen LogP contribution in [0.2, 0.25) is 0 Å². The van der Waals surface area contributed by atoms with E-state index in [-0.39, 0.29) is 28.2 Å². The predicted octanol–water partition coefficient (Wildman–Crippen LogP) is 17.7. The summed E-state index contributed by atoms with van der Waals surface area (Å²) in [5, 5.41) is 10.0. The summed E-state index contributed by atoms with van der Waals surface area (Å²) in [6, 6.07) is 35.5. The quantitative estimate of drug-likeness (QED) is 0.0170. The van der Waals surface area contributed by atoms with Crippen LogP contribution in [0, 0.1) is 11.3 Å². The minimum atomic E-state index is -0.663. The molecule has 0 spiro atoms. The molecule has 72 heavy (non-hydrogen) atoms. The van der Waals surface area contributed by atoms with E-state index < -0.39 is 11.9 Å². The molecule has 5 aromatic carbocycles. The third-order valence-corrected chi connectivity index (χ3v) is 12.7. The Labute approximate surface area is 431 Å². The van der Waals surface area contributed by atoms with Crippen molar-refractivity contribution in [3.63, 3.8) is 0 Å². The zero-order chi connectivity index (χ0) is 50.7. The molecule has 9 heteroatoms. The van der Waals surface area contributed by atoms with Crippen LogP contribution >= 0.6 is 0 Å². The van der Waals surface area contributed by atoms with Crippen LogP contribution in [-0.2, 0) is 0 Å². The summed E-state index contributed by atoms with van der Waals surface area (Å²) in [6.07, 6.45) is 35.0. The lowest BCUT2D eigenvalue weighted by atomic mass is 10.1. The van der Waals surface area contributed by atoms with Crippen LogP contribution in [0.25, 0.3) is 0 Å². The number of rotatable bonds is 36. The van der Waals surface area contributed by atoms with Crippen molar-refractivity contribution >= 4 is 35.7 Å². The number of aliphatic imine (C=N–C) groups is 2. The van der Waals surface area contributed by atoms with Crippen LogP contribution in [0.1, 0.15) is 205 Å². The number of carbonyl (C=O) groups excluding carboxylic acids is 2. The van der Waals surface area contributed by atoms with Gasteiger partial charge in [0.25, 0.3) is 0 Å². The number of nitrogens with zero attached hydrogens (tertiary/aromatic N) is 3. The molecule has 0 aliphatic rings. The molecule has 0 radical (unpaired) electrons. The largest absolute Gasteiger partial charge is 0.494 e. The molecular formula is C63H79N3O6. The molecule has 9 nitrogen and oxygen atoms in total. The lowest BCUT2D eigenvalue weighted by Crippen LogP contribution is -2.12. The molecule has 382 valence electrons. The van der Waals surface area contributed by atoms with E-state index in [1.165, 1.54) is 153 Å². The van der Waals surface area contributed by atoms with Crippen molar-refractivity contribution in [2.75, 3.05) is 13.2 Å². The molecule has 0 heterocycles. The highest BCUT2D eigenvalue weighted by Crippen LogP contribution is 2.30. The maximum atomic E-state index is 13.2. The second kappa shape index (κ2) is 34.7. The van der Waals surface area contributed by atoms with Crippen molar-refractivity contribution in [1.29, 1.82) is 5.26 Å². The van der Waals surface area contributed by atoms with Crippen LogP contribution < -0.4 is 18.9 Å². The summed E-state index contributed by atoms with van der Waals surface area (Å²) in [4.78, 5) is 35.5. The van der Waals surface area contributed by atoms with Crippen molar-refractivity contribution in [2.45, 2.75) is 168 Å². The monoisotopic (exact) mass is 974 g/mol. The van der Waals surface area contributed by atoms with Gasteiger partial charge in [-0.25, -0.2) is 9.59 Å². The SMILES string of the molecule is CCCCCCCCCCCCCCOc1ccc(/N=C/c2ccc(C(=O)Oc3cccc(OC(=O)c4ccc(/C=N/c5ccc(OCCCCCCCCCCCCCC)cc5)cc4)c3C#N)cc2)cc1. The van der Waals surface area contributed by atoms with Gasteiger partial charge in [0.1, 0.15) is 23.1 Å². The van der Waals surface area contributed by atoms with Crippen LogP contribution in [0.4, 0.5) is 11.4 Å². The molecule has 0 N–H and O–H groups in total. The highest BCUT2D eigenvalue weighted by atomic mass is 16.5. The molecule has 0 bridgehead atoms. The molecular weight excluding hydrogens is 895 g/mol. The Morgan fingerprint density at radius 1 is 0.431 bits per heavy atom. The van der Waals surface area contributed by atoms with Gasteiger partial charge < -0.3 is 18.9 Å². The summed E-state index contributed by atoms with van der Waals surface area (Å²) >= 11 is 0. The molecule has 0 atom stereocenters. The molecule has 5 aromatic rings. The molecule has 0 aliphatic carbocycles. The van der Waals surface area contributed by atoms with Gasteiger partial charge in [0.2, 0.25) is 0 Å². The van der Waals surface area contributed by atoms with Crippen LogP contribution in [-0.4, -0.2) is 37.6 Å². The second-order valence-corrected chi connectivity index (χ2v) is 18.7. The Bertz CT molecular complexity index is 2230. The third kappa shape index (κ3) is 22.3. The highest BCUT2D eigenvalue weighted by molar-refractivity contribution is 5.94. The minimum absolute atomic E-state index is 0.0225. The molecule has 5 rings (SSSR count). The lowest BCUT2D eigenvalue weighted by molar-refractivity contribution is 0.0731. The van der Waals surface area contributed by atoms with Crippen molar-refractivity contribution in [1.82, 2.24) is 0 Å². The second-order valence-electron chi connectivity index (χ2n) is 18.7. The van der Waals surface area contributed by atoms with Crippen LogP contribution in [0.15, 0.2) is 125 Å². The van der Waals surface area contributed by atoms with E-state index in [1.807, 2.05) is 54.6 Å². The Morgan fingerprint density at radius 3 is 1.07 bits per heavy atom. The summed E-state index contributed by atoms with van der Waals surface area (Å²) < 4.78 is 23.2. The van der Waals surface area contributed by atoms with E-state index >= 15 is 0 Å². The Morgan fingerprint density at radius 2 is 0.750 bits per heavy atom. The summed E-state index contributed by atoms with van der Waals surface area (Å²) in [6.45, 7) is 5.96. The number of unbranched alkanes of at least 4 members (excludes halogenated alkanes) is 22. The lowest BCUT2D eigenvalue weighted by Gasteiger charge is -2.10. The fourth-order valence-electron chi connectivity index (χ4n) is 8.34. The Balaban J connectivity index is 0.981. The molecule has 0 saturated heterocycles. The molecule has 0 unspecified atom stereocenters. The van der Waals surface area contributed by atoms with Crippen molar-refractivity contribution in [3.05, 3.63) is 143 Å². The van der Waals surface area contributed by atoms with Gasteiger partial charge in [-0.05, 0) is 109 Å². The van der Waals surface area contributed by atoms with Gasteiger partial charge in [-0.1, -0.05) is 185 Å². The maximum Gasteiger partial charge on any atom is 0.343 e. The molecule has 0 fully saturated rings. The van der Waals surface area contributed by atoms with E-state index in [0.717, 1.165) is 46.8 Å². The van der Waals surface area contributed by atoms with E-state index in [1.54, 1.807) is 67.0 Å². The summed E-state index contributed by atoms with van der Waals surface area (Å²) in [5.74, 6) is 0.294. The van der Waals surface area contributed by atoms with Gasteiger partial charge in [-0.2, -0.15) is 5.26 Å². The van der Waals surface area contributed by atoms with Gasteiger partial charge in [0, 0.05) is 12.4 Å². The van der Waals surface area contributed by atoms with E-state index in [9.17, 15) is 14.9 Å². The predicted molar refractivity (Wildman–Crippen MR) is 294 cm³/mol. The van der Waals surface area contributed by atoms with Gasteiger partial charge in [0.15, 0.2) is 11.5 Å². The van der Waals surface area contributed by atoms with Gasteiger partial charge in [-0.15, -0.1) is 0 Å². The number of benzene rings is 5. The van der Waals surface area contributed by atoms with Crippen molar-refractivity contribution in [2.24, 2.45) is 9.98 Å². The zero-order valence-electron chi connectivity index (χ0n) is 43.3. The van der Waals surface area contributed by atoms with E-state index in [4.69, 9.17) is 18.9 Å². The van der Waals surface area contributed by atoms with Crippen LogP contribution in [0.5, 0.6) is 23.0 Å². The standard InChI is InChI=1S/C63H79N3O6/c1-3-5-7-9-11-13-15-17-19-21-23-25-46-69-57-42-38-55(39-43-57)65-49-51-30-34-53(35-31-51)62(67)71-60-28-27-29-61(59(60)48-64)72-63(68)54-36-32-52(33-37-54)50-66-56-40-44-58(45-41-56)70-47-26-24-22-20-18-16-14-12-10-8-6-4-2/h27-45,49-50H,3-26,46-47H2,1-2H3/b65-49+,66-50+. The maximum absolute atomic E-state index is 13.2. The van der Waals surface area contributed by atoms with Gasteiger partial charge in [0.05, 0.1) is 35.7 Å². The number of ether oxygens (including phenoxy) is 4. The minimum Gasteiger partial charge on any atom is -0.494 e. The Kier molecular flexibility index (Phi) is 27.2. The molecule has 0 aliphatic heterocycles. The molecule has 0 saturated carbocycles. The van der Waals surface area contributed by atoms with Crippen molar-refractivity contribution in [3.8, 4) is 29.1 Å². The first-order valence-electron chi connectivity index (χ1n) is 27.2. The van der Waals surface area contributed by atoms with Crippen LogP contribution in [0.3, 0.4) is 0 Å². The summed E-state index contributed by atoms with van der Waals surface area (Å²) in [7, 11) is 0. The number of hydrogen-bond donors (Lipinski definition) is 0. The first-order valence-corrected chi connectivity index (χ1v) is 27.2. The smallest absolute Gasteiger partial charge is 0.343 e. The fourth-order valence-corrected chi connectivity index (χ4v) is 8.34. The third-order valence-electron chi connectivity index (χ3n) is 12.7. The highest BCUT2D eigenvalue weighted by Gasteiger charge is 2.18. The zero-order valence-corrected chi connectivity index (χ0v) is 43.3. The summed E-state index contributed by atoms with van der Waals surface area (Å²) in [5.41, 5.74) is 3.64. The van der Waals surface area contributed by atoms with Gasteiger partial charge in [-0.3, -0.25) is 9.98 Å². The number of hydrogen-bond acceptors (Lipinski definition) is 9. The Hall–Kier alpha value is -6.53. The number of nitriles is 1. The molecule has 0 amide bonds. The normalized spacial score (nSPS) is 11.2. The van der Waals surface area contributed by atoms with E-state index in [2.05, 4.69) is 23.8 Å². The van der Waals surface area contributed by atoms with E-state index in [0.29, 0.717) is 13.2 Å². The molecule has 0 aromatic heterocycles. The average Bonchev–Trinajstić information content (AvgIpc) is 3.41. The first-order chi connectivity index (χ1) is 35.4. The number of esters is 2. The topological polar surface area (TPSA) is 120 Å². The van der Waals surface area contributed by atoms with Gasteiger partial charge >= 0.3 is 11.9 Å². The van der Waals surface area contributed by atoms with Crippen molar-refractivity contribution < 1.29 is 28.5 Å².